The molecule has 0 unspecified atom stereocenters. The van der Waals surface area contributed by atoms with E-state index >= 15 is 0 Å². The summed E-state index contributed by atoms with van der Waals surface area (Å²) in [6, 6.07) is 23.7. The van der Waals surface area contributed by atoms with Crippen molar-refractivity contribution in [1.29, 1.82) is 0 Å². The van der Waals surface area contributed by atoms with Gasteiger partial charge in [0.25, 0.3) is 5.91 Å². The molecular weight excluding hydrogens is 422 g/mol. The predicted octanol–water partition coefficient (Wildman–Crippen LogP) is 4.84. The topological polar surface area (TPSA) is 83.4 Å². The van der Waals surface area contributed by atoms with Crippen molar-refractivity contribution in [2.24, 2.45) is 0 Å². The number of hydrogen-bond donors (Lipinski definition) is 3. The predicted molar refractivity (Wildman–Crippen MR) is 131 cm³/mol. The molecular formula is C25H21N3O3S. The van der Waals surface area contributed by atoms with Crippen molar-refractivity contribution in [2.75, 3.05) is 10.6 Å². The lowest BCUT2D eigenvalue weighted by atomic mass is 10.1. The molecule has 3 N–H and O–H groups in total. The van der Waals surface area contributed by atoms with Crippen LogP contribution in [0.1, 0.15) is 21.5 Å². The van der Waals surface area contributed by atoms with Gasteiger partial charge in [0.05, 0.1) is 0 Å². The molecule has 0 saturated heterocycles. The normalized spacial score (nSPS) is 10.5. The van der Waals surface area contributed by atoms with Crippen LogP contribution in [0.4, 0.5) is 11.4 Å². The first kappa shape index (κ1) is 21.3. The summed E-state index contributed by atoms with van der Waals surface area (Å²) in [5.41, 5.74) is 3.86. The number of fused-ring (bicyclic) bond motifs is 1. The van der Waals surface area contributed by atoms with Crippen molar-refractivity contribution in [3.63, 3.8) is 0 Å². The quantitative estimate of drug-likeness (QED) is 0.302. The van der Waals surface area contributed by atoms with Gasteiger partial charge >= 0.3 is 5.63 Å². The molecule has 0 aliphatic rings. The summed E-state index contributed by atoms with van der Waals surface area (Å²) in [7, 11) is 0. The fraction of sp³-hybridized carbons (Fsp3) is 0.0800. The highest BCUT2D eigenvalue weighted by Gasteiger charge is 2.08. The van der Waals surface area contributed by atoms with Crippen molar-refractivity contribution in [2.45, 2.75) is 13.5 Å². The molecule has 0 spiro atoms. The fourth-order valence-corrected chi connectivity index (χ4v) is 3.55. The van der Waals surface area contributed by atoms with Crippen LogP contribution in [0, 0.1) is 6.92 Å². The highest BCUT2D eigenvalue weighted by atomic mass is 32.1. The Labute approximate surface area is 190 Å². The molecule has 3 aromatic carbocycles. The summed E-state index contributed by atoms with van der Waals surface area (Å²) in [5, 5.41) is 10.3. The van der Waals surface area contributed by atoms with Gasteiger partial charge in [-0.1, -0.05) is 36.4 Å². The summed E-state index contributed by atoms with van der Waals surface area (Å²) in [6.07, 6.45) is 0. The van der Waals surface area contributed by atoms with Crippen molar-refractivity contribution in [3.05, 3.63) is 106 Å². The standard InChI is InChI=1S/C25H21N3O3S/c1-16-12-23(29)31-22-14-20(10-11-21(16)22)28-25(32)27-19-9-5-8-18(13-19)24(30)26-15-17-6-3-2-4-7-17/h2-14H,15H2,1H3,(H,26,30)(H2,27,28,32). The van der Waals surface area contributed by atoms with Crippen LogP contribution in [-0.4, -0.2) is 11.0 Å². The van der Waals surface area contributed by atoms with E-state index in [1.165, 1.54) is 6.07 Å². The summed E-state index contributed by atoms with van der Waals surface area (Å²) < 4.78 is 5.28. The molecule has 7 heteroatoms. The van der Waals surface area contributed by atoms with Crippen molar-refractivity contribution in [1.82, 2.24) is 5.32 Å². The molecule has 1 amide bonds. The zero-order valence-electron chi connectivity index (χ0n) is 17.3. The number of thiocarbonyl (C=S) groups is 1. The minimum absolute atomic E-state index is 0.170. The maximum atomic E-state index is 12.5. The van der Waals surface area contributed by atoms with Gasteiger partial charge < -0.3 is 20.4 Å². The SMILES string of the molecule is Cc1cc(=O)oc2cc(NC(=S)Nc3cccc(C(=O)NCc4ccccc4)c3)ccc12. The van der Waals surface area contributed by atoms with Crippen LogP contribution in [0.5, 0.6) is 0 Å². The fourth-order valence-electron chi connectivity index (χ4n) is 3.31. The lowest BCUT2D eigenvalue weighted by Crippen LogP contribution is -2.23. The number of amides is 1. The second-order valence-electron chi connectivity index (χ2n) is 7.29. The van der Waals surface area contributed by atoms with Crippen LogP contribution in [0.25, 0.3) is 11.0 Å². The Morgan fingerprint density at radius 1 is 0.906 bits per heavy atom. The van der Waals surface area contributed by atoms with Gasteiger partial charge in [-0.15, -0.1) is 0 Å². The highest BCUT2D eigenvalue weighted by Crippen LogP contribution is 2.21. The number of anilines is 2. The van der Waals surface area contributed by atoms with E-state index < -0.39 is 5.63 Å². The number of nitrogens with one attached hydrogen (secondary N) is 3. The second-order valence-corrected chi connectivity index (χ2v) is 7.70. The average molecular weight is 444 g/mol. The molecule has 0 radical (unpaired) electrons. The molecule has 4 aromatic rings. The second kappa shape index (κ2) is 9.45. The summed E-state index contributed by atoms with van der Waals surface area (Å²) >= 11 is 5.40. The van der Waals surface area contributed by atoms with E-state index in [4.69, 9.17) is 16.6 Å². The Kier molecular flexibility index (Phi) is 6.28. The third kappa shape index (κ3) is 5.19. The van der Waals surface area contributed by atoms with Gasteiger partial charge in [-0.25, -0.2) is 4.79 Å². The van der Waals surface area contributed by atoms with Crippen LogP contribution in [-0.2, 0) is 6.54 Å². The molecule has 32 heavy (non-hydrogen) atoms. The first-order valence-corrected chi connectivity index (χ1v) is 10.4. The maximum Gasteiger partial charge on any atom is 0.336 e. The Bertz CT molecular complexity index is 1350. The number of benzene rings is 3. The van der Waals surface area contributed by atoms with E-state index in [2.05, 4.69) is 16.0 Å². The van der Waals surface area contributed by atoms with Gasteiger partial charge in [-0.3, -0.25) is 4.79 Å². The van der Waals surface area contributed by atoms with Crippen molar-refractivity contribution >= 4 is 45.6 Å². The van der Waals surface area contributed by atoms with Crippen LogP contribution < -0.4 is 21.6 Å². The van der Waals surface area contributed by atoms with Crippen LogP contribution >= 0.6 is 12.2 Å². The Balaban J connectivity index is 1.41. The molecule has 1 aromatic heterocycles. The Hall–Kier alpha value is -3.97. The number of rotatable bonds is 5. The lowest BCUT2D eigenvalue weighted by Gasteiger charge is -2.12. The van der Waals surface area contributed by atoms with E-state index in [1.807, 2.05) is 55.5 Å². The lowest BCUT2D eigenvalue weighted by molar-refractivity contribution is 0.0951. The Morgan fingerprint density at radius 2 is 1.66 bits per heavy atom. The molecule has 160 valence electrons. The number of hydrogen-bond acceptors (Lipinski definition) is 4. The highest BCUT2D eigenvalue weighted by molar-refractivity contribution is 7.80. The molecule has 0 saturated carbocycles. The molecule has 0 aliphatic heterocycles. The van der Waals surface area contributed by atoms with Gasteiger partial charge in [0.15, 0.2) is 5.11 Å². The zero-order chi connectivity index (χ0) is 22.5. The average Bonchev–Trinajstić information content (AvgIpc) is 2.78. The van der Waals surface area contributed by atoms with Crippen molar-refractivity contribution < 1.29 is 9.21 Å². The van der Waals surface area contributed by atoms with Crippen LogP contribution in [0.2, 0.25) is 0 Å². The smallest absolute Gasteiger partial charge is 0.336 e. The largest absolute Gasteiger partial charge is 0.423 e. The monoisotopic (exact) mass is 443 g/mol. The van der Waals surface area contributed by atoms with E-state index in [-0.39, 0.29) is 5.91 Å². The van der Waals surface area contributed by atoms with Crippen molar-refractivity contribution in [3.8, 4) is 0 Å². The van der Waals surface area contributed by atoms with E-state index in [0.29, 0.717) is 34.2 Å². The molecule has 0 bridgehead atoms. The molecule has 1 heterocycles. The van der Waals surface area contributed by atoms with Crippen LogP contribution in [0.15, 0.2) is 88.1 Å². The number of aryl methyl sites for hydroxylation is 1. The molecule has 0 fully saturated rings. The van der Waals surface area contributed by atoms with Gasteiger partial charge in [0.1, 0.15) is 5.58 Å². The number of carbonyl (C=O) groups excluding carboxylic acids is 1. The molecule has 6 nitrogen and oxygen atoms in total. The molecule has 0 aliphatic carbocycles. The molecule has 4 rings (SSSR count). The van der Waals surface area contributed by atoms with Crippen LogP contribution in [0.3, 0.4) is 0 Å². The zero-order valence-corrected chi connectivity index (χ0v) is 18.2. The third-order valence-corrected chi connectivity index (χ3v) is 5.09. The summed E-state index contributed by atoms with van der Waals surface area (Å²) in [6.45, 7) is 2.32. The summed E-state index contributed by atoms with van der Waals surface area (Å²) in [5.74, 6) is -0.170. The van der Waals surface area contributed by atoms with Gasteiger partial charge in [0.2, 0.25) is 0 Å². The minimum Gasteiger partial charge on any atom is -0.423 e. The first-order valence-electron chi connectivity index (χ1n) is 10.0. The van der Waals surface area contributed by atoms with Gasteiger partial charge in [-0.05, 0) is 60.6 Å². The summed E-state index contributed by atoms with van der Waals surface area (Å²) in [4.78, 5) is 24.1. The Morgan fingerprint density at radius 3 is 2.44 bits per heavy atom. The third-order valence-electron chi connectivity index (χ3n) is 4.89. The first-order chi connectivity index (χ1) is 15.5. The van der Waals surface area contributed by atoms with E-state index in [0.717, 1.165) is 16.5 Å². The van der Waals surface area contributed by atoms with E-state index in [9.17, 15) is 9.59 Å². The minimum atomic E-state index is -0.393. The van der Waals surface area contributed by atoms with Gasteiger partial charge in [-0.2, -0.15) is 0 Å². The maximum absolute atomic E-state index is 12.5. The van der Waals surface area contributed by atoms with Gasteiger partial charge in [0, 0.05) is 41.0 Å². The number of carbonyl (C=O) groups is 1. The van der Waals surface area contributed by atoms with E-state index in [1.54, 1.807) is 24.3 Å². The molecule has 0 atom stereocenters.